The van der Waals surface area contributed by atoms with Gasteiger partial charge in [0.05, 0.1) is 5.54 Å². The average molecular weight is 342 g/mol. The Morgan fingerprint density at radius 2 is 1.62 bits per heavy atom. The summed E-state index contributed by atoms with van der Waals surface area (Å²) in [5, 5.41) is 0. The fourth-order valence-electron chi connectivity index (χ4n) is 4.47. The van der Waals surface area contributed by atoms with Crippen molar-refractivity contribution in [2.45, 2.75) is 37.8 Å². The van der Waals surface area contributed by atoms with Gasteiger partial charge in [0.15, 0.2) is 0 Å². The van der Waals surface area contributed by atoms with Crippen molar-refractivity contribution in [1.29, 1.82) is 0 Å². The van der Waals surface area contributed by atoms with E-state index in [9.17, 15) is 0 Å². The molecule has 0 fully saturated rings. The van der Waals surface area contributed by atoms with E-state index in [4.69, 9.17) is 0 Å². The molecule has 2 aromatic rings. The lowest BCUT2D eigenvalue weighted by molar-refractivity contribution is 0.0142. The Hall–Kier alpha value is -1.12. The van der Waals surface area contributed by atoms with E-state index < -0.39 is 0 Å². The second-order valence-electron chi connectivity index (χ2n) is 6.94. The lowest BCUT2D eigenvalue weighted by atomic mass is 9.64. The molecule has 2 heteroatoms. The van der Waals surface area contributed by atoms with Crippen LogP contribution in [0.1, 0.15) is 36.1 Å². The SMILES string of the molecule is CN1C2(C)Cc3ccccc3C1(C)c1cc(Br)ccc1C2. The molecule has 0 saturated carbocycles. The summed E-state index contributed by atoms with van der Waals surface area (Å²) in [6, 6.07) is 15.8. The molecule has 4 rings (SSSR count). The van der Waals surface area contributed by atoms with Crippen LogP contribution in [0, 0.1) is 0 Å². The van der Waals surface area contributed by atoms with Gasteiger partial charge in [0.1, 0.15) is 0 Å². The van der Waals surface area contributed by atoms with Crippen LogP contribution in [-0.4, -0.2) is 17.5 Å². The molecule has 0 amide bonds. The van der Waals surface area contributed by atoms with E-state index in [1.54, 1.807) is 0 Å². The van der Waals surface area contributed by atoms with Crippen molar-refractivity contribution in [2.24, 2.45) is 0 Å². The van der Waals surface area contributed by atoms with E-state index in [2.05, 4.69) is 84.2 Å². The van der Waals surface area contributed by atoms with Gasteiger partial charge in [-0.05, 0) is 68.1 Å². The molecule has 2 atom stereocenters. The minimum atomic E-state index is -0.0407. The van der Waals surface area contributed by atoms with E-state index in [1.807, 2.05) is 0 Å². The zero-order chi connectivity index (χ0) is 14.8. The maximum Gasteiger partial charge on any atom is 0.0694 e. The van der Waals surface area contributed by atoms with E-state index in [0.29, 0.717) is 0 Å². The molecule has 2 aliphatic heterocycles. The monoisotopic (exact) mass is 341 g/mol. The molecule has 0 aliphatic carbocycles. The van der Waals surface area contributed by atoms with E-state index >= 15 is 0 Å². The van der Waals surface area contributed by atoms with Crippen LogP contribution in [0.25, 0.3) is 0 Å². The van der Waals surface area contributed by atoms with Crippen molar-refractivity contribution in [3.8, 4) is 0 Å². The van der Waals surface area contributed by atoms with Crippen LogP contribution in [-0.2, 0) is 18.4 Å². The predicted octanol–water partition coefficient (Wildman–Crippen LogP) is 4.52. The van der Waals surface area contributed by atoms with Gasteiger partial charge in [-0.1, -0.05) is 46.3 Å². The molecule has 2 aromatic carbocycles. The van der Waals surface area contributed by atoms with Crippen LogP contribution in [0.15, 0.2) is 46.9 Å². The molecule has 0 N–H and O–H groups in total. The average Bonchev–Trinajstić information content (AvgIpc) is 2.46. The standard InChI is InChI=1S/C19H20BrN/c1-18-11-13-6-4-5-7-16(13)19(2,21(18)3)17-10-15(20)9-8-14(17)12-18/h4-10H,11-12H2,1-3H3. The third-order valence-corrected chi connectivity index (χ3v) is 6.25. The number of benzene rings is 2. The van der Waals surface area contributed by atoms with Gasteiger partial charge >= 0.3 is 0 Å². The van der Waals surface area contributed by atoms with Gasteiger partial charge in [0.2, 0.25) is 0 Å². The summed E-state index contributed by atoms with van der Waals surface area (Å²) in [6.45, 7) is 4.79. The van der Waals surface area contributed by atoms with Crippen LogP contribution in [0.3, 0.4) is 0 Å². The minimum Gasteiger partial charge on any atom is -0.287 e. The first-order chi connectivity index (χ1) is 9.95. The maximum absolute atomic E-state index is 3.66. The molecule has 2 heterocycles. The van der Waals surface area contributed by atoms with E-state index in [-0.39, 0.29) is 11.1 Å². The number of hydrogen-bond donors (Lipinski definition) is 0. The van der Waals surface area contributed by atoms with Gasteiger partial charge in [-0.2, -0.15) is 0 Å². The molecular weight excluding hydrogens is 322 g/mol. The van der Waals surface area contributed by atoms with Crippen LogP contribution in [0.4, 0.5) is 0 Å². The number of fused-ring (bicyclic) bond motifs is 6. The molecule has 0 saturated heterocycles. The Morgan fingerprint density at radius 3 is 2.38 bits per heavy atom. The summed E-state index contributed by atoms with van der Waals surface area (Å²) in [7, 11) is 2.29. The molecule has 2 unspecified atom stereocenters. The van der Waals surface area contributed by atoms with Gasteiger partial charge in [-0.3, -0.25) is 4.90 Å². The van der Waals surface area contributed by atoms with Crippen molar-refractivity contribution >= 4 is 15.9 Å². The van der Waals surface area contributed by atoms with E-state index in [0.717, 1.165) is 12.8 Å². The Morgan fingerprint density at radius 1 is 0.952 bits per heavy atom. The Kier molecular flexibility index (Phi) is 2.71. The molecule has 21 heavy (non-hydrogen) atoms. The fraction of sp³-hybridized carbons (Fsp3) is 0.368. The highest BCUT2D eigenvalue weighted by Gasteiger charge is 2.52. The van der Waals surface area contributed by atoms with Crippen LogP contribution in [0.2, 0.25) is 0 Å². The number of nitrogens with zero attached hydrogens (tertiary/aromatic N) is 1. The number of rotatable bonds is 0. The number of hydrogen-bond acceptors (Lipinski definition) is 1. The normalized spacial score (nSPS) is 30.7. The zero-order valence-corrected chi connectivity index (χ0v) is 14.4. The van der Waals surface area contributed by atoms with Gasteiger partial charge in [0.25, 0.3) is 0 Å². The minimum absolute atomic E-state index is 0.0407. The molecule has 0 spiro atoms. The van der Waals surface area contributed by atoms with Crippen molar-refractivity contribution < 1.29 is 0 Å². The molecule has 2 aliphatic rings. The fourth-order valence-corrected chi connectivity index (χ4v) is 4.83. The topological polar surface area (TPSA) is 3.24 Å². The first-order valence-electron chi connectivity index (χ1n) is 7.56. The summed E-state index contributed by atoms with van der Waals surface area (Å²) in [5.74, 6) is 0. The summed E-state index contributed by atoms with van der Waals surface area (Å²) in [5.41, 5.74) is 6.07. The summed E-state index contributed by atoms with van der Waals surface area (Å²) < 4.78 is 1.17. The molecule has 1 nitrogen and oxygen atoms in total. The summed E-state index contributed by atoms with van der Waals surface area (Å²) >= 11 is 3.66. The predicted molar refractivity (Wildman–Crippen MR) is 90.6 cm³/mol. The lowest BCUT2D eigenvalue weighted by Crippen LogP contribution is -2.63. The zero-order valence-electron chi connectivity index (χ0n) is 12.8. The van der Waals surface area contributed by atoms with Gasteiger partial charge in [0, 0.05) is 10.0 Å². The highest BCUT2D eigenvalue weighted by Crippen LogP contribution is 2.51. The highest BCUT2D eigenvalue weighted by molar-refractivity contribution is 9.10. The van der Waals surface area contributed by atoms with Crippen molar-refractivity contribution in [3.05, 3.63) is 69.2 Å². The van der Waals surface area contributed by atoms with Crippen LogP contribution < -0.4 is 0 Å². The third kappa shape index (κ3) is 1.66. The molecule has 0 radical (unpaired) electrons. The summed E-state index contributed by atoms with van der Waals surface area (Å²) in [4.78, 5) is 2.59. The Balaban J connectivity index is 2.09. The quantitative estimate of drug-likeness (QED) is 0.681. The first kappa shape index (κ1) is 13.5. The van der Waals surface area contributed by atoms with Crippen molar-refractivity contribution in [1.82, 2.24) is 4.90 Å². The largest absolute Gasteiger partial charge is 0.287 e. The van der Waals surface area contributed by atoms with E-state index in [1.165, 1.54) is 26.7 Å². The number of halogens is 1. The van der Waals surface area contributed by atoms with Crippen LogP contribution >= 0.6 is 15.9 Å². The maximum atomic E-state index is 3.66. The Labute approximate surface area is 135 Å². The molecule has 0 aromatic heterocycles. The summed E-state index contributed by atoms with van der Waals surface area (Å²) in [6.07, 6.45) is 2.25. The third-order valence-electron chi connectivity index (χ3n) is 5.76. The second-order valence-corrected chi connectivity index (χ2v) is 7.86. The first-order valence-corrected chi connectivity index (χ1v) is 8.36. The van der Waals surface area contributed by atoms with Crippen LogP contribution in [0.5, 0.6) is 0 Å². The van der Waals surface area contributed by atoms with Gasteiger partial charge in [-0.25, -0.2) is 0 Å². The molecule has 2 bridgehead atoms. The second kappa shape index (κ2) is 4.21. The highest BCUT2D eigenvalue weighted by atomic mass is 79.9. The Bertz CT molecular complexity index is 738. The smallest absolute Gasteiger partial charge is 0.0694 e. The molecule has 108 valence electrons. The number of likely N-dealkylation sites (N-methyl/N-ethyl adjacent to an activating group) is 1. The van der Waals surface area contributed by atoms with Crippen molar-refractivity contribution in [3.63, 3.8) is 0 Å². The lowest BCUT2D eigenvalue weighted by Gasteiger charge is -2.59. The van der Waals surface area contributed by atoms with Gasteiger partial charge in [-0.15, -0.1) is 0 Å². The van der Waals surface area contributed by atoms with Gasteiger partial charge < -0.3 is 0 Å². The molecular formula is C19H20BrN. The van der Waals surface area contributed by atoms with Crippen molar-refractivity contribution in [2.75, 3.05) is 7.05 Å².